The number of ether oxygens (including phenoxy) is 1. The van der Waals surface area contributed by atoms with Crippen LogP contribution in [-0.2, 0) is 4.74 Å². The molecule has 27 heavy (non-hydrogen) atoms. The van der Waals surface area contributed by atoms with Gasteiger partial charge in [-0.1, -0.05) is 12.1 Å². The van der Waals surface area contributed by atoms with Crippen molar-refractivity contribution in [3.8, 4) is 0 Å². The Morgan fingerprint density at radius 2 is 2.04 bits per heavy atom. The molecule has 1 aromatic heterocycles. The van der Waals surface area contributed by atoms with Gasteiger partial charge in [0.05, 0.1) is 6.61 Å². The summed E-state index contributed by atoms with van der Waals surface area (Å²) < 4.78 is 5.06. The average Bonchev–Trinajstić information content (AvgIpc) is 2.66. The van der Waals surface area contributed by atoms with E-state index in [0.29, 0.717) is 25.6 Å². The van der Waals surface area contributed by atoms with Crippen LogP contribution in [0.4, 0.5) is 22.2 Å². The number of carbonyl (C=O) groups excluding carboxylic acids is 1. The normalized spacial score (nSPS) is 14.7. The summed E-state index contributed by atoms with van der Waals surface area (Å²) in [6, 6.07) is 8.40. The Morgan fingerprint density at radius 3 is 2.78 bits per heavy atom. The van der Waals surface area contributed by atoms with Gasteiger partial charge in [-0.2, -0.15) is 4.98 Å². The number of aromatic nitrogens is 2. The summed E-state index contributed by atoms with van der Waals surface area (Å²) in [6.45, 7) is 7.73. The second-order valence-electron chi connectivity index (χ2n) is 6.81. The van der Waals surface area contributed by atoms with Crippen LogP contribution in [0.5, 0.6) is 0 Å². The van der Waals surface area contributed by atoms with Crippen LogP contribution in [-0.4, -0.2) is 46.7 Å². The first-order valence-corrected chi connectivity index (χ1v) is 9.40. The number of hydrogen-bond acceptors (Lipinski definition) is 6. The van der Waals surface area contributed by atoms with Crippen molar-refractivity contribution in [3.05, 3.63) is 41.6 Å². The van der Waals surface area contributed by atoms with Crippen molar-refractivity contribution in [1.29, 1.82) is 0 Å². The van der Waals surface area contributed by atoms with Gasteiger partial charge < -0.3 is 20.3 Å². The van der Waals surface area contributed by atoms with Crippen LogP contribution < -0.4 is 10.6 Å². The first-order valence-electron chi connectivity index (χ1n) is 9.40. The van der Waals surface area contributed by atoms with E-state index < -0.39 is 0 Å². The molecule has 2 heterocycles. The molecule has 1 saturated heterocycles. The molecule has 0 bridgehead atoms. The number of piperidine rings is 1. The SMILES string of the molecule is CCOC(=O)N1CCC(Nc2ccnc(Nc3cc(C)ccc3C)n2)CC1. The lowest BCUT2D eigenvalue weighted by Gasteiger charge is -2.31. The number of hydrogen-bond donors (Lipinski definition) is 2. The number of rotatable bonds is 5. The van der Waals surface area contributed by atoms with Crippen LogP contribution in [0.3, 0.4) is 0 Å². The minimum absolute atomic E-state index is 0.224. The molecule has 0 spiro atoms. The summed E-state index contributed by atoms with van der Waals surface area (Å²) in [7, 11) is 0. The zero-order chi connectivity index (χ0) is 19.2. The molecule has 0 radical (unpaired) electrons. The molecule has 0 saturated carbocycles. The van der Waals surface area contributed by atoms with E-state index in [4.69, 9.17) is 4.74 Å². The predicted molar refractivity (Wildman–Crippen MR) is 106 cm³/mol. The third-order valence-electron chi connectivity index (χ3n) is 4.67. The Hall–Kier alpha value is -2.83. The number of nitrogens with zero attached hydrogens (tertiary/aromatic N) is 3. The highest BCUT2D eigenvalue weighted by atomic mass is 16.6. The molecule has 144 valence electrons. The standard InChI is InChI=1S/C20H27N5O2/c1-4-27-20(26)25-11-8-16(9-12-25)22-18-7-10-21-19(24-18)23-17-13-14(2)5-6-15(17)3/h5-7,10,13,16H,4,8-9,11-12H2,1-3H3,(H2,21,22,23,24). The third-order valence-corrected chi connectivity index (χ3v) is 4.67. The fraction of sp³-hybridized carbons (Fsp3) is 0.450. The number of anilines is 3. The molecule has 3 rings (SSSR count). The van der Waals surface area contributed by atoms with Crippen LogP contribution in [0.15, 0.2) is 30.5 Å². The molecule has 2 aromatic rings. The largest absolute Gasteiger partial charge is 0.450 e. The molecular formula is C20H27N5O2. The fourth-order valence-corrected chi connectivity index (χ4v) is 3.12. The van der Waals surface area contributed by atoms with E-state index in [1.54, 1.807) is 11.1 Å². The van der Waals surface area contributed by atoms with Crippen molar-refractivity contribution in [2.24, 2.45) is 0 Å². The number of aryl methyl sites for hydroxylation is 2. The Morgan fingerprint density at radius 1 is 1.26 bits per heavy atom. The van der Waals surface area contributed by atoms with Crippen LogP contribution >= 0.6 is 0 Å². The monoisotopic (exact) mass is 369 g/mol. The van der Waals surface area contributed by atoms with E-state index in [1.807, 2.05) is 13.0 Å². The topological polar surface area (TPSA) is 79.4 Å². The van der Waals surface area contributed by atoms with Crippen molar-refractivity contribution in [1.82, 2.24) is 14.9 Å². The zero-order valence-corrected chi connectivity index (χ0v) is 16.2. The van der Waals surface area contributed by atoms with Gasteiger partial charge in [0.15, 0.2) is 0 Å². The lowest BCUT2D eigenvalue weighted by molar-refractivity contribution is 0.0983. The minimum Gasteiger partial charge on any atom is -0.450 e. The summed E-state index contributed by atoms with van der Waals surface area (Å²) in [4.78, 5) is 22.4. The van der Waals surface area contributed by atoms with E-state index in [1.165, 1.54) is 5.56 Å². The Kier molecular flexibility index (Phi) is 6.11. The number of nitrogens with one attached hydrogen (secondary N) is 2. The molecule has 1 amide bonds. The van der Waals surface area contributed by atoms with Crippen molar-refractivity contribution >= 4 is 23.5 Å². The maximum absolute atomic E-state index is 11.8. The molecule has 0 unspecified atom stereocenters. The van der Waals surface area contributed by atoms with E-state index in [-0.39, 0.29) is 12.1 Å². The first kappa shape index (κ1) is 18.9. The van der Waals surface area contributed by atoms with Crippen molar-refractivity contribution in [2.45, 2.75) is 39.7 Å². The van der Waals surface area contributed by atoms with Gasteiger partial charge in [0.2, 0.25) is 5.95 Å². The van der Waals surface area contributed by atoms with Gasteiger partial charge in [0.25, 0.3) is 0 Å². The molecule has 1 aliphatic heterocycles. The molecule has 0 aliphatic carbocycles. The Balaban J connectivity index is 1.58. The summed E-state index contributed by atoms with van der Waals surface area (Å²) in [6.07, 6.45) is 3.25. The van der Waals surface area contributed by atoms with Gasteiger partial charge in [0.1, 0.15) is 5.82 Å². The summed E-state index contributed by atoms with van der Waals surface area (Å²) in [5, 5.41) is 6.75. The van der Waals surface area contributed by atoms with E-state index in [9.17, 15) is 4.79 Å². The quantitative estimate of drug-likeness (QED) is 0.833. The van der Waals surface area contributed by atoms with Gasteiger partial charge in [-0.05, 0) is 56.9 Å². The molecule has 1 fully saturated rings. The molecule has 1 aromatic carbocycles. The molecule has 0 atom stereocenters. The minimum atomic E-state index is -0.224. The van der Waals surface area contributed by atoms with Crippen molar-refractivity contribution in [3.63, 3.8) is 0 Å². The number of benzene rings is 1. The van der Waals surface area contributed by atoms with Gasteiger partial charge in [-0.3, -0.25) is 0 Å². The van der Waals surface area contributed by atoms with Crippen molar-refractivity contribution < 1.29 is 9.53 Å². The lowest BCUT2D eigenvalue weighted by atomic mass is 10.1. The second kappa shape index (κ2) is 8.70. The summed E-state index contributed by atoms with van der Waals surface area (Å²) in [5.74, 6) is 1.35. The van der Waals surface area contributed by atoms with Gasteiger partial charge in [0, 0.05) is 31.0 Å². The van der Waals surface area contributed by atoms with Gasteiger partial charge >= 0.3 is 6.09 Å². The number of likely N-dealkylation sites (tertiary alicyclic amines) is 1. The van der Waals surface area contributed by atoms with Crippen LogP contribution in [0, 0.1) is 13.8 Å². The van der Waals surface area contributed by atoms with Crippen molar-refractivity contribution in [2.75, 3.05) is 30.3 Å². The Labute approximate surface area is 160 Å². The van der Waals surface area contributed by atoms with Crippen LogP contribution in [0.25, 0.3) is 0 Å². The third kappa shape index (κ3) is 5.09. The van der Waals surface area contributed by atoms with Crippen LogP contribution in [0.1, 0.15) is 30.9 Å². The average molecular weight is 369 g/mol. The van der Waals surface area contributed by atoms with E-state index >= 15 is 0 Å². The predicted octanol–water partition coefficient (Wildman–Crippen LogP) is 3.87. The molecule has 2 N–H and O–H groups in total. The molecule has 1 aliphatic rings. The maximum atomic E-state index is 11.8. The highest BCUT2D eigenvalue weighted by Crippen LogP contribution is 2.21. The first-order chi connectivity index (χ1) is 13.0. The summed E-state index contributed by atoms with van der Waals surface area (Å²) in [5.41, 5.74) is 3.34. The van der Waals surface area contributed by atoms with Gasteiger partial charge in [-0.15, -0.1) is 0 Å². The highest BCUT2D eigenvalue weighted by Gasteiger charge is 2.23. The highest BCUT2D eigenvalue weighted by molar-refractivity contribution is 5.67. The lowest BCUT2D eigenvalue weighted by Crippen LogP contribution is -2.42. The molecule has 7 nitrogen and oxygen atoms in total. The number of carbonyl (C=O) groups is 1. The maximum Gasteiger partial charge on any atom is 0.409 e. The fourth-order valence-electron chi connectivity index (χ4n) is 3.12. The smallest absolute Gasteiger partial charge is 0.409 e. The van der Waals surface area contributed by atoms with Crippen LogP contribution in [0.2, 0.25) is 0 Å². The molecule has 7 heteroatoms. The van der Waals surface area contributed by atoms with E-state index in [0.717, 1.165) is 29.9 Å². The second-order valence-corrected chi connectivity index (χ2v) is 6.81. The zero-order valence-electron chi connectivity index (χ0n) is 16.2. The van der Waals surface area contributed by atoms with Gasteiger partial charge in [-0.25, -0.2) is 9.78 Å². The molecular weight excluding hydrogens is 342 g/mol. The Bertz CT molecular complexity index is 788. The van der Waals surface area contributed by atoms with E-state index in [2.05, 4.69) is 52.6 Å². The number of amides is 1. The summed E-state index contributed by atoms with van der Waals surface area (Å²) >= 11 is 0.